The van der Waals surface area contributed by atoms with Crippen molar-refractivity contribution in [2.45, 2.75) is 18.4 Å². The molecule has 29 heavy (non-hydrogen) atoms. The predicted octanol–water partition coefficient (Wildman–Crippen LogP) is -0.0396. The summed E-state index contributed by atoms with van der Waals surface area (Å²) in [6, 6.07) is 3.62. The fraction of sp³-hybridized carbons (Fsp3) is 0.650. The van der Waals surface area contributed by atoms with Crippen LogP contribution in [0.3, 0.4) is 0 Å². The number of likely N-dealkylation sites (tertiary alicyclic amines) is 1. The van der Waals surface area contributed by atoms with Crippen LogP contribution in [0.4, 0.5) is 0 Å². The van der Waals surface area contributed by atoms with Gasteiger partial charge >= 0.3 is 0 Å². The summed E-state index contributed by atoms with van der Waals surface area (Å²) in [6.45, 7) is 7.10. The molecule has 2 aliphatic heterocycles. The molecule has 2 aromatic rings. The van der Waals surface area contributed by atoms with Gasteiger partial charge in [-0.15, -0.1) is 0 Å². The lowest BCUT2D eigenvalue weighted by Gasteiger charge is -2.43. The Labute approximate surface area is 170 Å². The summed E-state index contributed by atoms with van der Waals surface area (Å²) in [5.41, 5.74) is 0.211. The molecular formula is C20H30N6O3. The average Bonchev–Trinajstić information content (AvgIpc) is 3.16. The Morgan fingerprint density at radius 3 is 2.83 bits per heavy atom. The Kier molecular flexibility index (Phi) is 6.09. The van der Waals surface area contributed by atoms with E-state index in [9.17, 15) is 9.90 Å². The molecule has 1 amide bonds. The maximum Gasteiger partial charge on any atom is 0.274 e. The van der Waals surface area contributed by atoms with Gasteiger partial charge in [0.25, 0.3) is 5.91 Å². The fourth-order valence-corrected chi connectivity index (χ4v) is 4.36. The molecule has 0 saturated carbocycles. The highest BCUT2D eigenvalue weighted by molar-refractivity contribution is 5.93. The van der Waals surface area contributed by atoms with E-state index in [2.05, 4.69) is 19.9 Å². The van der Waals surface area contributed by atoms with E-state index in [1.807, 2.05) is 6.07 Å². The first-order valence-corrected chi connectivity index (χ1v) is 10.3. The van der Waals surface area contributed by atoms with Gasteiger partial charge < -0.3 is 14.7 Å². The van der Waals surface area contributed by atoms with E-state index in [1.165, 1.54) is 0 Å². The van der Waals surface area contributed by atoms with Crippen molar-refractivity contribution >= 4 is 11.6 Å². The molecule has 2 fully saturated rings. The minimum atomic E-state index is -0.878. The number of rotatable bonds is 6. The molecular weight excluding hydrogens is 372 g/mol. The van der Waals surface area contributed by atoms with Gasteiger partial charge in [0, 0.05) is 59.1 Å². The second kappa shape index (κ2) is 8.74. The van der Waals surface area contributed by atoms with Crippen molar-refractivity contribution in [3.05, 3.63) is 30.2 Å². The Morgan fingerprint density at radius 2 is 2.03 bits per heavy atom. The van der Waals surface area contributed by atoms with Crippen molar-refractivity contribution in [2.24, 2.45) is 0 Å². The highest BCUT2D eigenvalue weighted by Crippen LogP contribution is 2.24. The first-order chi connectivity index (χ1) is 14.1. The number of carbonyl (C=O) groups excluding carboxylic acids is 1. The van der Waals surface area contributed by atoms with Crippen LogP contribution in [0.25, 0.3) is 5.65 Å². The zero-order valence-corrected chi connectivity index (χ0v) is 17.0. The number of ether oxygens (including phenoxy) is 1. The number of hydrogen-bond acceptors (Lipinski definition) is 7. The van der Waals surface area contributed by atoms with Crippen LogP contribution in [0.1, 0.15) is 23.3 Å². The number of aromatic nitrogens is 3. The summed E-state index contributed by atoms with van der Waals surface area (Å²) in [6.07, 6.45) is 4.72. The van der Waals surface area contributed by atoms with Crippen molar-refractivity contribution < 1.29 is 14.6 Å². The average molecular weight is 402 g/mol. The molecule has 1 atom stereocenters. The summed E-state index contributed by atoms with van der Waals surface area (Å²) in [5.74, 6) is -0.126. The van der Waals surface area contributed by atoms with Crippen molar-refractivity contribution in [3.63, 3.8) is 0 Å². The molecule has 9 nitrogen and oxygen atoms in total. The lowest BCUT2D eigenvalue weighted by Crippen LogP contribution is -2.58. The molecule has 1 unspecified atom stereocenters. The van der Waals surface area contributed by atoms with Crippen molar-refractivity contribution in [3.8, 4) is 0 Å². The van der Waals surface area contributed by atoms with E-state index < -0.39 is 5.60 Å². The molecule has 0 aromatic carbocycles. The Hall–Kier alpha value is -2.07. The van der Waals surface area contributed by atoms with Gasteiger partial charge in [0.2, 0.25) is 0 Å². The van der Waals surface area contributed by atoms with Gasteiger partial charge in [-0.2, -0.15) is 5.10 Å². The number of piperidine rings is 1. The molecule has 0 spiro atoms. The van der Waals surface area contributed by atoms with E-state index >= 15 is 0 Å². The monoisotopic (exact) mass is 402 g/mol. The minimum absolute atomic E-state index is 0.126. The first-order valence-electron chi connectivity index (χ1n) is 10.3. The molecule has 0 radical (unpaired) electrons. The van der Waals surface area contributed by atoms with Gasteiger partial charge in [0.15, 0.2) is 11.3 Å². The largest absolute Gasteiger partial charge is 0.387 e. The van der Waals surface area contributed by atoms with E-state index in [0.29, 0.717) is 37.4 Å². The third kappa shape index (κ3) is 4.58. The molecule has 2 aliphatic rings. The second-order valence-corrected chi connectivity index (χ2v) is 8.10. The van der Waals surface area contributed by atoms with Crippen molar-refractivity contribution in [1.29, 1.82) is 0 Å². The van der Waals surface area contributed by atoms with Crippen LogP contribution < -0.4 is 0 Å². The Morgan fingerprint density at radius 1 is 1.24 bits per heavy atom. The van der Waals surface area contributed by atoms with Crippen LogP contribution in [0.5, 0.6) is 0 Å². The summed E-state index contributed by atoms with van der Waals surface area (Å²) in [5, 5.41) is 15.5. The number of fused-ring (bicyclic) bond motifs is 1. The molecule has 9 heteroatoms. The SMILES string of the molecule is COCCN1CCN(CC2(O)CCCN(C(=O)c3cnc4cccnn34)C2)CC1. The van der Waals surface area contributed by atoms with Crippen LogP contribution in [-0.4, -0.2) is 112 Å². The van der Waals surface area contributed by atoms with Crippen molar-refractivity contribution in [2.75, 3.05) is 66.1 Å². The maximum atomic E-state index is 13.1. The summed E-state index contributed by atoms with van der Waals surface area (Å²) in [7, 11) is 1.73. The number of nitrogens with zero attached hydrogens (tertiary/aromatic N) is 6. The molecule has 2 aromatic heterocycles. The van der Waals surface area contributed by atoms with E-state index in [1.54, 1.807) is 35.0 Å². The third-order valence-corrected chi connectivity index (χ3v) is 5.93. The van der Waals surface area contributed by atoms with Gasteiger partial charge in [0.05, 0.1) is 24.9 Å². The normalized spacial score (nSPS) is 24.3. The Balaban J connectivity index is 1.37. The standard InChI is InChI=1S/C20H30N6O3/c1-29-13-12-23-8-10-24(11-9-23)15-20(28)5-3-7-25(16-20)19(27)17-14-21-18-4-2-6-22-26(17)18/h2,4,6,14,28H,3,5,7-13,15-16H2,1H3. The van der Waals surface area contributed by atoms with E-state index in [4.69, 9.17) is 4.74 Å². The minimum Gasteiger partial charge on any atom is -0.387 e. The van der Waals surface area contributed by atoms with Gasteiger partial charge in [-0.05, 0) is 25.0 Å². The fourth-order valence-electron chi connectivity index (χ4n) is 4.36. The number of aliphatic hydroxyl groups is 1. The number of methoxy groups -OCH3 is 1. The first kappa shape index (κ1) is 20.2. The molecule has 4 heterocycles. The van der Waals surface area contributed by atoms with E-state index in [0.717, 1.165) is 45.8 Å². The number of hydrogen-bond donors (Lipinski definition) is 1. The molecule has 4 rings (SSSR count). The molecule has 0 aliphatic carbocycles. The van der Waals surface area contributed by atoms with Crippen molar-refractivity contribution in [1.82, 2.24) is 29.3 Å². The van der Waals surface area contributed by atoms with E-state index in [-0.39, 0.29) is 5.91 Å². The Bertz CT molecular complexity index is 834. The highest BCUT2D eigenvalue weighted by atomic mass is 16.5. The van der Waals surface area contributed by atoms with Gasteiger partial charge in [-0.1, -0.05) is 0 Å². The summed E-state index contributed by atoms with van der Waals surface area (Å²) in [4.78, 5) is 23.8. The van der Waals surface area contributed by atoms with Crippen LogP contribution >= 0.6 is 0 Å². The smallest absolute Gasteiger partial charge is 0.274 e. The summed E-state index contributed by atoms with van der Waals surface area (Å²) >= 11 is 0. The molecule has 0 bridgehead atoms. The number of amides is 1. The molecule has 1 N–H and O–H groups in total. The van der Waals surface area contributed by atoms with Crippen LogP contribution in [-0.2, 0) is 4.74 Å². The van der Waals surface area contributed by atoms with Gasteiger partial charge in [-0.25, -0.2) is 9.50 Å². The number of piperazine rings is 1. The zero-order chi connectivity index (χ0) is 20.3. The second-order valence-electron chi connectivity index (χ2n) is 8.10. The quantitative estimate of drug-likeness (QED) is 0.726. The molecule has 2 saturated heterocycles. The van der Waals surface area contributed by atoms with Gasteiger partial charge in [0.1, 0.15) is 0 Å². The van der Waals surface area contributed by atoms with Crippen LogP contribution in [0.2, 0.25) is 0 Å². The lowest BCUT2D eigenvalue weighted by atomic mass is 9.91. The number of carbonyl (C=O) groups is 1. The number of imidazole rings is 1. The van der Waals surface area contributed by atoms with Crippen LogP contribution in [0.15, 0.2) is 24.5 Å². The highest BCUT2D eigenvalue weighted by Gasteiger charge is 2.38. The lowest BCUT2D eigenvalue weighted by molar-refractivity contribution is -0.0539. The summed E-state index contributed by atoms with van der Waals surface area (Å²) < 4.78 is 6.72. The van der Waals surface area contributed by atoms with Crippen LogP contribution in [0, 0.1) is 0 Å². The third-order valence-electron chi connectivity index (χ3n) is 5.93. The zero-order valence-electron chi connectivity index (χ0n) is 17.0. The maximum absolute atomic E-state index is 13.1. The predicted molar refractivity (Wildman–Crippen MR) is 108 cm³/mol. The topological polar surface area (TPSA) is 86.4 Å². The molecule has 158 valence electrons. The van der Waals surface area contributed by atoms with Gasteiger partial charge in [-0.3, -0.25) is 14.6 Å². The number of β-amino-alcohol motifs (C(OH)–C–C–N with tert-alkyl or cyclic N) is 1.